The Bertz CT molecular complexity index is 635. The van der Waals surface area contributed by atoms with E-state index in [2.05, 4.69) is 11.9 Å². The maximum Gasteiger partial charge on any atom is 0.248 e. The van der Waals surface area contributed by atoms with Crippen LogP contribution in [-0.2, 0) is 5.75 Å². The molecular formula is C15H17N3OS. The van der Waals surface area contributed by atoms with Crippen molar-refractivity contribution in [3.63, 3.8) is 0 Å². The van der Waals surface area contributed by atoms with Crippen molar-refractivity contribution in [2.45, 2.75) is 24.6 Å². The molecular weight excluding hydrogens is 270 g/mol. The van der Waals surface area contributed by atoms with Gasteiger partial charge in [0, 0.05) is 22.7 Å². The number of hydrogen-bond donors (Lipinski definition) is 2. The van der Waals surface area contributed by atoms with Crippen LogP contribution in [0.4, 0.5) is 5.69 Å². The van der Waals surface area contributed by atoms with Crippen LogP contribution in [-0.4, -0.2) is 10.9 Å². The number of nitrogen functional groups attached to an aromatic ring is 1. The fraction of sp³-hybridized carbons (Fsp3) is 0.200. The number of anilines is 1. The maximum absolute atomic E-state index is 11.1. The number of hydrogen-bond acceptors (Lipinski definition) is 4. The van der Waals surface area contributed by atoms with Crippen molar-refractivity contribution in [2.24, 2.45) is 5.73 Å². The van der Waals surface area contributed by atoms with Gasteiger partial charge in [-0.1, -0.05) is 6.07 Å². The van der Waals surface area contributed by atoms with Crippen molar-refractivity contribution >= 4 is 23.4 Å². The summed E-state index contributed by atoms with van der Waals surface area (Å²) in [5.41, 5.74) is 15.3. The Balaban J connectivity index is 2.12. The fourth-order valence-electron chi connectivity index (χ4n) is 1.91. The summed E-state index contributed by atoms with van der Waals surface area (Å²) >= 11 is 1.62. The number of nitrogens with zero attached hydrogens (tertiary/aromatic N) is 1. The second-order valence-electron chi connectivity index (χ2n) is 4.69. The molecule has 0 unspecified atom stereocenters. The highest BCUT2D eigenvalue weighted by atomic mass is 32.2. The number of aromatic nitrogens is 1. The summed E-state index contributed by atoms with van der Waals surface area (Å²) in [6.45, 7) is 4.03. The molecule has 0 aliphatic carbocycles. The number of nitrogens with two attached hydrogens (primary N) is 2. The molecule has 20 heavy (non-hydrogen) atoms. The molecule has 1 aromatic carbocycles. The quantitative estimate of drug-likeness (QED) is 0.669. The zero-order chi connectivity index (χ0) is 14.7. The van der Waals surface area contributed by atoms with Crippen molar-refractivity contribution in [1.82, 2.24) is 4.98 Å². The Labute approximate surface area is 122 Å². The van der Waals surface area contributed by atoms with Crippen LogP contribution in [0.1, 0.15) is 27.2 Å². The van der Waals surface area contributed by atoms with E-state index < -0.39 is 5.91 Å². The van der Waals surface area contributed by atoms with E-state index in [0.29, 0.717) is 17.0 Å². The molecule has 0 atom stereocenters. The largest absolute Gasteiger partial charge is 0.398 e. The number of carbonyl (C=O) groups excluding carboxylic acids is 1. The molecule has 0 fully saturated rings. The van der Waals surface area contributed by atoms with Gasteiger partial charge in [-0.3, -0.25) is 4.79 Å². The number of amides is 1. The van der Waals surface area contributed by atoms with Gasteiger partial charge in [0.25, 0.3) is 0 Å². The number of rotatable bonds is 4. The number of aryl methyl sites for hydroxylation is 2. The summed E-state index contributed by atoms with van der Waals surface area (Å²) in [6, 6.07) is 9.24. The Morgan fingerprint density at radius 2 is 2.00 bits per heavy atom. The molecule has 0 radical (unpaired) electrons. The summed E-state index contributed by atoms with van der Waals surface area (Å²) in [6.07, 6.45) is 0. The predicted octanol–water partition coefficient (Wildman–Crippen LogP) is 2.67. The van der Waals surface area contributed by atoms with Crippen molar-refractivity contribution in [3.05, 3.63) is 52.7 Å². The van der Waals surface area contributed by atoms with Gasteiger partial charge in [0.2, 0.25) is 5.91 Å². The monoisotopic (exact) mass is 287 g/mol. The molecule has 0 aliphatic heterocycles. The van der Waals surface area contributed by atoms with E-state index in [0.717, 1.165) is 16.3 Å². The minimum Gasteiger partial charge on any atom is -0.398 e. The standard InChI is InChI=1S/C15H17N3OS/c1-9-5-10(2)18-14(6-9)20-8-12-4-3-11(15(17)19)7-13(12)16/h3-7H,8,16H2,1-2H3,(H2,17,19). The smallest absolute Gasteiger partial charge is 0.248 e. The van der Waals surface area contributed by atoms with Crippen LogP contribution in [0, 0.1) is 13.8 Å². The molecule has 2 rings (SSSR count). The topological polar surface area (TPSA) is 82.0 Å². The molecule has 104 valence electrons. The zero-order valence-corrected chi connectivity index (χ0v) is 12.3. The highest BCUT2D eigenvalue weighted by molar-refractivity contribution is 7.98. The summed E-state index contributed by atoms with van der Waals surface area (Å²) in [4.78, 5) is 15.5. The molecule has 1 amide bonds. The lowest BCUT2D eigenvalue weighted by molar-refractivity contribution is 0.100. The van der Waals surface area contributed by atoms with Gasteiger partial charge in [-0.25, -0.2) is 4.98 Å². The molecule has 0 spiro atoms. The van der Waals surface area contributed by atoms with Crippen LogP contribution >= 0.6 is 11.8 Å². The molecule has 5 heteroatoms. The van der Waals surface area contributed by atoms with E-state index in [9.17, 15) is 4.79 Å². The third-order valence-electron chi connectivity index (χ3n) is 2.88. The summed E-state index contributed by atoms with van der Waals surface area (Å²) in [5.74, 6) is 0.243. The Morgan fingerprint density at radius 3 is 2.60 bits per heavy atom. The Kier molecular flexibility index (Phi) is 4.29. The summed E-state index contributed by atoms with van der Waals surface area (Å²) in [5, 5.41) is 0.973. The van der Waals surface area contributed by atoms with Crippen LogP contribution in [0.2, 0.25) is 0 Å². The Morgan fingerprint density at radius 1 is 1.25 bits per heavy atom. The lowest BCUT2D eigenvalue weighted by Gasteiger charge is -2.07. The van der Waals surface area contributed by atoms with Gasteiger partial charge >= 0.3 is 0 Å². The van der Waals surface area contributed by atoms with Crippen molar-refractivity contribution in [1.29, 1.82) is 0 Å². The van der Waals surface area contributed by atoms with Crippen molar-refractivity contribution in [2.75, 3.05) is 5.73 Å². The van der Waals surface area contributed by atoms with E-state index in [1.807, 2.05) is 25.1 Å². The number of thioether (sulfide) groups is 1. The summed E-state index contributed by atoms with van der Waals surface area (Å²) < 4.78 is 0. The van der Waals surface area contributed by atoms with E-state index in [1.54, 1.807) is 23.9 Å². The van der Waals surface area contributed by atoms with Crippen LogP contribution in [0.15, 0.2) is 35.4 Å². The van der Waals surface area contributed by atoms with Crippen LogP contribution < -0.4 is 11.5 Å². The van der Waals surface area contributed by atoms with Gasteiger partial charge < -0.3 is 11.5 Å². The third kappa shape index (κ3) is 3.51. The average Bonchev–Trinajstić information content (AvgIpc) is 2.36. The number of primary amides is 1. The lowest BCUT2D eigenvalue weighted by atomic mass is 10.1. The van der Waals surface area contributed by atoms with E-state index in [-0.39, 0.29) is 0 Å². The molecule has 0 aliphatic rings. The highest BCUT2D eigenvalue weighted by Gasteiger charge is 2.06. The number of carbonyl (C=O) groups is 1. The fourth-order valence-corrected chi connectivity index (χ4v) is 2.95. The lowest BCUT2D eigenvalue weighted by Crippen LogP contribution is -2.11. The predicted molar refractivity (Wildman–Crippen MR) is 82.6 cm³/mol. The first-order chi connectivity index (χ1) is 9.45. The second-order valence-corrected chi connectivity index (χ2v) is 5.69. The first kappa shape index (κ1) is 14.4. The zero-order valence-electron chi connectivity index (χ0n) is 11.5. The molecule has 4 nitrogen and oxygen atoms in total. The molecule has 1 heterocycles. The molecule has 0 saturated heterocycles. The van der Waals surface area contributed by atoms with Gasteiger partial charge in [0.05, 0.1) is 5.03 Å². The van der Waals surface area contributed by atoms with Gasteiger partial charge in [-0.15, -0.1) is 11.8 Å². The van der Waals surface area contributed by atoms with Crippen LogP contribution in [0.5, 0.6) is 0 Å². The minimum atomic E-state index is -0.466. The average molecular weight is 287 g/mol. The van der Waals surface area contributed by atoms with Crippen LogP contribution in [0.3, 0.4) is 0 Å². The van der Waals surface area contributed by atoms with Gasteiger partial charge in [-0.05, 0) is 49.2 Å². The Hall–Kier alpha value is -2.01. The second kappa shape index (κ2) is 5.96. The molecule has 4 N–H and O–H groups in total. The van der Waals surface area contributed by atoms with Crippen molar-refractivity contribution < 1.29 is 4.79 Å². The van der Waals surface area contributed by atoms with E-state index >= 15 is 0 Å². The van der Waals surface area contributed by atoms with Gasteiger partial charge in [0.15, 0.2) is 0 Å². The van der Waals surface area contributed by atoms with Gasteiger partial charge in [0.1, 0.15) is 0 Å². The van der Waals surface area contributed by atoms with E-state index in [4.69, 9.17) is 11.5 Å². The SMILES string of the molecule is Cc1cc(C)nc(SCc2ccc(C(N)=O)cc2N)c1. The van der Waals surface area contributed by atoms with Gasteiger partial charge in [-0.2, -0.15) is 0 Å². The normalized spacial score (nSPS) is 10.5. The molecule has 0 bridgehead atoms. The highest BCUT2D eigenvalue weighted by Crippen LogP contribution is 2.25. The third-order valence-corrected chi connectivity index (χ3v) is 3.84. The minimum absolute atomic E-state index is 0.431. The molecule has 2 aromatic rings. The maximum atomic E-state index is 11.1. The number of benzene rings is 1. The molecule has 0 saturated carbocycles. The first-order valence-electron chi connectivity index (χ1n) is 6.22. The number of pyridine rings is 1. The first-order valence-corrected chi connectivity index (χ1v) is 7.20. The van der Waals surface area contributed by atoms with Crippen LogP contribution in [0.25, 0.3) is 0 Å². The summed E-state index contributed by atoms with van der Waals surface area (Å²) in [7, 11) is 0. The van der Waals surface area contributed by atoms with E-state index in [1.165, 1.54) is 5.56 Å². The molecule has 1 aromatic heterocycles. The van der Waals surface area contributed by atoms with Crippen molar-refractivity contribution in [3.8, 4) is 0 Å².